The van der Waals surface area contributed by atoms with Crippen molar-refractivity contribution in [3.63, 3.8) is 0 Å². The van der Waals surface area contributed by atoms with Crippen LogP contribution in [0.2, 0.25) is 0 Å². The lowest BCUT2D eigenvalue weighted by molar-refractivity contribution is 0.122. The Morgan fingerprint density at radius 2 is 2.08 bits per heavy atom. The molecule has 13 heavy (non-hydrogen) atoms. The number of nitrogens with one attached hydrogen (secondary N) is 1. The van der Waals surface area contributed by atoms with Crippen molar-refractivity contribution in [2.75, 3.05) is 31.2 Å². The second kappa shape index (κ2) is 3.89. The number of hydrogen-bond acceptors (Lipinski definition) is 3. The fourth-order valence-corrected chi connectivity index (χ4v) is 1.55. The van der Waals surface area contributed by atoms with E-state index in [-0.39, 0.29) is 0 Å². The summed E-state index contributed by atoms with van der Waals surface area (Å²) in [6.07, 6.45) is 1.95. The summed E-state index contributed by atoms with van der Waals surface area (Å²) in [5.41, 5.74) is 1.19. The van der Waals surface area contributed by atoms with Gasteiger partial charge in [-0.15, -0.1) is 0 Å². The summed E-state index contributed by atoms with van der Waals surface area (Å²) in [6.45, 7) is 3.56. The Labute approximate surface area is 82.3 Å². The first-order valence-corrected chi connectivity index (χ1v) is 4.78. The zero-order valence-corrected chi connectivity index (χ0v) is 8.14. The molecule has 0 spiro atoms. The topological polar surface area (TPSA) is 28.3 Å². The van der Waals surface area contributed by atoms with Gasteiger partial charge in [-0.3, -0.25) is 0 Å². The van der Waals surface area contributed by atoms with E-state index in [1.165, 1.54) is 5.69 Å². The van der Waals surface area contributed by atoms with Gasteiger partial charge in [0.25, 0.3) is 0 Å². The van der Waals surface area contributed by atoms with Crippen LogP contribution in [0.1, 0.15) is 0 Å². The molecule has 0 saturated carbocycles. The highest BCUT2D eigenvalue weighted by Gasteiger charge is 2.09. The van der Waals surface area contributed by atoms with Crippen LogP contribution in [0.15, 0.2) is 18.3 Å². The van der Waals surface area contributed by atoms with Gasteiger partial charge in [0.05, 0.1) is 18.9 Å². The van der Waals surface area contributed by atoms with Crippen LogP contribution in [0.25, 0.3) is 0 Å². The number of ether oxygens (including phenoxy) is 1. The predicted molar refractivity (Wildman–Crippen MR) is 54.7 cm³/mol. The summed E-state index contributed by atoms with van der Waals surface area (Å²) < 4.78 is 6.05. The van der Waals surface area contributed by atoms with Gasteiger partial charge in [-0.1, -0.05) is 12.2 Å². The number of hydrogen-bond donors (Lipinski definition) is 1. The molecule has 0 aromatic carbocycles. The summed E-state index contributed by atoms with van der Waals surface area (Å²) in [7, 11) is 0. The number of rotatable bonds is 1. The highest BCUT2D eigenvalue weighted by molar-refractivity contribution is 7.71. The number of aromatic amines is 1. The largest absolute Gasteiger partial charge is 0.378 e. The average molecular weight is 196 g/mol. The van der Waals surface area contributed by atoms with Crippen molar-refractivity contribution in [2.24, 2.45) is 0 Å². The normalized spacial score (nSPS) is 17.4. The Kier molecular flexibility index (Phi) is 2.61. The van der Waals surface area contributed by atoms with E-state index in [1.807, 2.05) is 18.3 Å². The number of nitrogens with zero attached hydrogens (tertiary/aromatic N) is 1. The number of morpholine rings is 1. The molecule has 1 aliphatic rings. The molecule has 0 radical (unpaired) electrons. The number of pyridine rings is 1. The highest BCUT2D eigenvalue weighted by atomic mass is 32.1. The molecule has 4 heteroatoms. The van der Waals surface area contributed by atoms with Gasteiger partial charge in [0.2, 0.25) is 0 Å². The van der Waals surface area contributed by atoms with E-state index in [4.69, 9.17) is 17.0 Å². The van der Waals surface area contributed by atoms with Crippen LogP contribution in [0, 0.1) is 4.64 Å². The Balaban J connectivity index is 2.14. The average Bonchev–Trinajstić information content (AvgIpc) is 2.20. The van der Waals surface area contributed by atoms with Gasteiger partial charge in [-0.25, -0.2) is 0 Å². The number of anilines is 1. The molecule has 0 atom stereocenters. The van der Waals surface area contributed by atoms with Crippen LogP contribution >= 0.6 is 12.2 Å². The third-order valence-electron chi connectivity index (χ3n) is 2.14. The second-order valence-electron chi connectivity index (χ2n) is 3.01. The molecule has 1 aliphatic heterocycles. The number of H-pyrrole nitrogens is 1. The zero-order valence-electron chi connectivity index (χ0n) is 7.32. The van der Waals surface area contributed by atoms with Gasteiger partial charge < -0.3 is 14.6 Å². The first kappa shape index (κ1) is 8.72. The predicted octanol–water partition coefficient (Wildman–Crippen LogP) is 1.58. The van der Waals surface area contributed by atoms with Gasteiger partial charge in [-0.05, 0) is 12.1 Å². The van der Waals surface area contributed by atoms with Gasteiger partial charge in [-0.2, -0.15) is 0 Å². The van der Waals surface area contributed by atoms with E-state index in [0.717, 1.165) is 30.9 Å². The Bertz CT molecular complexity index is 310. The van der Waals surface area contributed by atoms with Crippen LogP contribution < -0.4 is 4.90 Å². The zero-order chi connectivity index (χ0) is 9.10. The Morgan fingerprint density at radius 3 is 2.69 bits per heavy atom. The molecule has 0 unspecified atom stereocenters. The first-order valence-electron chi connectivity index (χ1n) is 4.38. The van der Waals surface area contributed by atoms with Gasteiger partial charge in [0.1, 0.15) is 4.64 Å². The smallest absolute Gasteiger partial charge is 0.103 e. The maximum Gasteiger partial charge on any atom is 0.103 e. The molecular formula is C9H12N2OS. The van der Waals surface area contributed by atoms with Crippen molar-refractivity contribution in [1.82, 2.24) is 4.98 Å². The summed E-state index contributed by atoms with van der Waals surface area (Å²) >= 11 is 4.97. The van der Waals surface area contributed by atoms with Gasteiger partial charge in [0.15, 0.2) is 0 Å². The fraction of sp³-hybridized carbons (Fsp3) is 0.444. The van der Waals surface area contributed by atoms with E-state index in [2.05, 4.69) is 9.88 Å². The molecule has 1 saturated heterocycles. The number of aromatic nitrogens is 1. The lowest BCUT2D eigenvalue weighted by Crippen LogP contribution is -2.36. The molecule has 2 heterocycles. The minimum absolute atomic E-state index is 0.775. The summed E-state index contributed by atoms with van der Waals surface area (Å²) in [5, 5.41) is 0. The van der Waals surface area contributed by atoms with E-state index < -0.39 is 0 Å². The molecular weight excluding hydrogens is 184 g/mol. The fourth-order valence-electron chi connectivity index (χ4n) is 1.42. The molecule has 1 aromatic rings. The summed E-state index contributed by atoms with van der Waals surface area (Å²) in [6, 6.07) is 3.96. The molecule has 0 aliphatic carbocycles. The lowest BCUT2D eigenvalue weighted by atomic mass is 10.3. The van der Waals surface area contributed by atoms with E-state index in [9.17, 15) is 0 Å². The highest BCUT2D eigenvalue weighted by Crippen LogP contribution is 2.13. The Morgan fingerprint density at radius 1 is 1.31 bits per heavy atom. The summed E-state index contributed by atoms with van der Waals surface area (Å²) in [4.78, 5) is 5.32. The van der Waals surface area contributed by atoms with Crippen molar-refractivity contribution in [2.45, 2.75) is 0 Å². The standard InChI is InChI=1S/C9H12N2OS/c13-9-2-1-8(7-10-9)11-3-5-12-6-4-11/h1-2,7H,3-6H2,(H,10,13). The molecule has 1 aromatic heterocycles. The SMILES string of the molecule is S=c1ccc(N2CCOCC2)c[nH]1. The third kappa shape index (κ3) is 2.08. The van der Waals surface area contributed by atoms with E-state index in [1.54, 1.807) is 0 Å². The van der Waals surface area contributed by atoms with Crippen molar-refractivity contribution in [3.05, 3.63) is 23.0 Å². The van der Waals surface area contributed by atoms with Crippen LogP contribution in [0.3, 0.4) is 0 Å². The molecule has 1 N–H and O–H groups in total. The monoisotopic (exact) mass is 196 g/mol. The lowest BCUT2D eigenvalue weighted by Gasteiger charge is -2.28. The second-order valence-corrected chi connectivity index (χ2v) is 3.45. The van der Waals surface area contributed by atoms with E-state index >= 15 is 0 Å². The van der Waals surface area contributed by atoms with Crippen molar-refractivity contribution >= 4 is 17.9 Å². The minimum Gasteiger partial charge on any atom is -0.378 e. The van der Waals surface area contributed by atoms with Crippen LogP contribution in [-0.2, 0) is 4.74 Å². The molecule has 1 fully saturated rings. The minimum atomic E-state index is 0.775. The first-order chi connectivity index (χ1) is 6.36. The van der Waals surface area contributed by atoms with E-state index in [0.29, 0.717) is 0 Å². The molecule has 3 nitrogen and oxygen atoms in total. The molecule has 0 bridgehead atoms. The molecule has 70 valence electrons. The van der Waals surface area contributed by atoms with Crippen molar-refractivity contribution < 1.29 is 4.74 Å². The molecule has 0 amide bonds. The molecule has 2 rings (SSSR count). The van der Waals surface area contributed by atoms with Crippen LogP contribution in [0.4, 0.5) is 5.69 Å². The maximum absolute atomic E-state index is 5.27. The Hall–Kier alpha value is -0.870. The maximum atomic E-state index is 5.27. The van der Waals surface area contributed by atoms with Gasteiger partial charge >= 0.3 is 0 Å². The van der Waals surface area contributed by atoms with Crippen LogP contribution in [0.5, 0.6) is 0 Å². The van der Waals surface area contributed by atoms with Crippen molar-refractivity contribution in [1.29, 1.82) is 0 Å². The van der Waals surface area contributed by atoms with Crippen LogP contribution in [-0.4, -0.2) is 31.3 Å². The van der Waals surface area contributed by atoms with Gasteiger partial charge in [0, 0.05) is 19.3 Å². The third-order valence-corrected chi connectivity index (χ3v) is 2.40. The quantitative estimate of drug-likeness (QED) is 0.691. The summed E-state index contributed by atoms with van der Waals surface area (Å²) in [5.74, 6) is 0. The van der Waals surface area contributed by atoms with Crippen molar-refractivity contribution in [3.8, 4) is 0 Å².